The predicted molar refractivity (Wildman–Crippen MR) is 125 cm³/mol. The molecule has 0 N–H and O–H groups in total. The van der Waals surface area contributed by atoms with E-state index in [4.69, 9.17) is 9.47 Å². The second-order valence-electron chi connectivity index (χ2n) is 8.04. The molecule has 6 heteroatoms. The van der Waals surface area contributed by atoms with E-state index in [0.717, 1.165) is 37.2 Å². The van der Waals surface area contributed by atoms with Gasteiger partial charge < -0.3 is 19.3 Å². The van der Waals surface area contributed by atoms with Crippen LogP contribution in [-0.2, 0) is 0 Å². The lowest BCUT2D eigenvalue weighted by atomic mass is 10.1. The number of hydrogen-bond acceptors (Lipinski definition) is 4. The molecule has 1 fully saturated rings. The van der Waals surface area contributed by atoms with Crippen LogP contribution >= 0.6 is 0 Å². The number of unbranched alkanes of at least 4 members (excludes halogenated alkanes) is 2. The van der Waals surface area contributed by atoms with Gasteiger partial charge in [-0.05, 0) is 61.4 Å². The van der Waals surface area contributed by atoms with Gasteiger partial charge in [0.1, 0.15) is 11.5 Å². The van der Waals surface area contributed by atoms with Crippen molar-refractivity contribution < 1.29 is 19.1 Å². The second kappa shape index (κ2) is 12.1. The average Bonchev–Trinajstić information content (AvgIpc) is 2.84. The zero-order valence-electron chi connectivity index (χ0n) is 19.2. The van der Waals surface area contributed by atoms with E-state index in [1.807, 2.05) is 48.5 Å². The number of hydrogen-bond donors (Lipinski definition) is 0. The van der Waals surface area contributed by atoms with Crippen molar-refractivity contribution in [1.29, 1.82) is 0 Å². The molecule has 32 heavy (non-hydrogen) atoms. The smallest absolute Gasteiger partial charge is 0.253 e. The van der Waals surface area contributed by atoms with Gasteiger partial charge in [-0.15, -0.1) is 0 Å². The van der Waals surface area contributed by atoms with Gasteiger partial charge >= 0.3 is 0 Å². The third-order valence-electron chi connectivity index (χ3n) is 5.59. The maximum atomic E-state index is 12.8. The summed E-state index contributed by atoms with van der Waals surface area (Å²) in [5.74, 6) is 1.55. The monoisotopic (exact) mass is 438 g/mol. The molecular formula is C26H34N2O4. The summed E-state index contributed by atoms with van der Waals surface area (Å²) in [4.78, 5) is 29.3. The number of nitrogens with zero attached hydrogens (tertiary/aromatic N) is 2. The van der Waals surface area contributed by atoms with E-state index in [2.05, 4.69) is 13.8 Å². The molecule has 0 atom stereocenters. The summed E-state index contributed by atoms with van der Waals surface area (Å²) in [6.45, 7) is 7.73. The Morgan fingerprint density at radius 3 is 1.31 bits per heavy atom. The van der Waals surface area contributed by atoms with Crippen LogP contribution in [0, 0.1) is 0 Å². The Hall–Kier alpha value is -3.02. The number of piperazine rings is 1. The normalized spacial score (nSPS) is 13.7. The molecule has 2 amide bonds. The maximum absolute atomic E-state index is 12.8. The van der Waals surface area contributed by atoms with Crippen LogP contribution < -0.4 is 9.47 Å². The second-order valence-corrected chi connectivity index (χ2v) is 8.04. The molecule has 0 aliphatic carbocycles. The maximum Gasteiger partial charge on any atom is 0.253 e. The van der Waals surface area contributed by atoms with Crippen molar-refractivity contribution >= 4 is 11.8 Å². The minimum absolute atomic E-state index is 0.00853. The highest BCUT2D eigenvalue weighted by Crippen LogP contribution is 2.18. The summed E-state index contributed by atoms with van der Waals surface area (Å²) in [6, 6.07) is 14.6. The molecule has 2 aromatic carbocycles. The summed E-state index contributed by atoms with van der Waals surface area (Å²) >= 11 is 0. The molecule has 3 rings (SSSR count). The lowest BCUT2D eigenvalue weighted by Gasteiger charge is -2.35. The molecule has 0 aromatic heterocycles. The quantitative estimate of drug-likeness (QED) is 0.507. The van der Waals surface area contributed by atoms with E-state index < -0.39 is 0 Å². The summed E-state index contributed by atoms with van der Waals surface area (Å²) in [6.07, 6.45) is 4.20. The number of rotatable bonds is 10. The molecule has 0 radical (unpaired) electrons. The third-order valence-corrected chi connectivity index (χ3v) is 5.59. The van der Waals surface area contributed by atoms with Crippen LogP contribution in [0.15, 0.2) is 48.5 Å². The van der Waals surface area contributed by atoms with Crippen molar-refractivity contribution in [3.8, 4) is 11.5 Å². The lowest BCUT2D eigenvalue weighted by Crippen LogP contribution is -2.50. The van der Waals surface area contributed by atoms with Crippen LogP contribution in [-0.4, -0.2) is 61.0 Å². The van der Waals surface area contributed by atoms with E-state index in [9.17, 15) is 9.59 Å². The molecule has 0 spiro atoms. The van der Waals surface area contributed by atoms with E-state index in [0.29, 0.717) is 50.5 Å². The van der Waals surface area contributed by atoms with Crippen LogP contribution in [0.5, 0.6) is 11.5 Å². The van der Waals surface area contributed by atoms with Crippen LogP contribution in [0.25, 0.3) is 0 Å². The van der Waals surface area contributed by atoms with Crippen molar-refractivity contribution in [2.75, 3.05) is 39.4 Å². The Balaban J connectivity index is 1.48. The SMILES string of the molecule is CCCCOc1ccc(C(=O)N2CCN(C(=O)c3ccc(OCCCC)cc3)CC2)cc1. The molecule has 1 heterocycles. The fourth-order valence-electron chi connectivity index (χ4n) is 3.53. The number of carbonyl (C=O) groups excluding carboxylic acids is 2. The highest BCUT2D eigenvalue weighted by atomic mass is 16.5. The van der Waals surface area contributed by atoms with Crippen LogP contribution in [0.4, 0.5) is 0 Å². The molecule has 1 aliphatic heterocycles. The molecule has 1 aliphatic rings. The Labute approximate surface area is 191 Å². The Morgan fingerprint density at radius 1 is 0.656 bits per heavy atom. The van der Waals surface area contributed by atoms with Gasteiger partial charge in [0.15, 0.2) is 0 Å². The highest BCUT2D eigenvalue weighted by Gasteiger charge is 2.25. The van der Waals surface area contributed by atoms with E-state index in [-0.39, 0.29) is 11.8 Å². The Kier molecular flexibility index (Phi) is 8.96. The van der Waals surface area contributed by atoms with Gasteiger partial charge in [0.05, 0.1) is 13.2 Å². The van der Waals surface area contributed by atoms with Gasteiger partial charge in [-0.25, -0.2) is 0 Å². The van der Waals surface area contributed by atoms with Gasteiger partial charge in [0.2, 0.25) is 0 Å². The zero-order valence-corrected chi connectivity index (χ0v) is 19.2. The number of benzene rings is 2. The minimum Gasteiger partial charge on any atom is -0.494 e. The highest BCUT2D eigenvalue weighted by molar-refractivity contribution is 5.96. The van der Waals surface area contributed by atoms with Gasteiger partial charge in [0.25, 0.3) is 11.8 Å². The number of carbonyl (C=O) groups is 2. The molecule has 6 nitrogen and oxygen atoms in total. The Morgan fingerprint density at radius 2 is 1.00 bits per heavy atom. The number of ether oxygens (including phenoxy) is 2. The van der Waals surface area contributed by atoms with Crippen molar-refractivity contribution in [2.45, 2.75) is 39.5 Å². The van der Waals surface area contributed by atoms with E-state index in [1.165, 1.54) is 0 Å². The molecule has 0 saturated carbocycles. The standard InChI is InChI=1S/C26H34N2O4/c1-3-5-19-31-23-11-7-21(8-12-23)25(29)27-15-17-28(18-16-27)26(30)22-9-13-24(14-10-22)32-20-6-4-2/h7-14H,3-6,15-20H2,1-2H3. The first-order chi connectivity index (χ1) is 15.6. The first-order valence-corrected chi connectivity index (χ1v) is 11.7. The first kappa shape index (κ1) is 23.6. The van der Waals surface area contributed by atoms with Gasteiger partial charge in [0, 0.05) is 37.3 Å². The number of amides is 2. The van der Waals surface area contributed by atoms with Crippen LogP contribution in [0.2, 0.25) is 0 Å². The average molecular weight is 439 g/mol. The first-order valence-electron chi connectivity index (χ1n) is 11.7. The molecule has 172 valence electrons. The zero-order chi connectivity index (χ0) is 22.8. The predicted octanol–water partition coefficient (Wildman–Crippen LogP) is 4.64. The van der Waals surface area contributed by atoms with Crippen molar-refractivity contribution in [1.82, 2.24) is 9.80 Å². The summed E-state index contributed by atoms with van der Waals surface area (Å²) in [5, 5.41) is 0. The fourth-order valence-corrected chi connectivity index (χ4v) is 3.53. The van der Waals surface area contributed by atoms with Crippen molar-refractivity contribution in [2.24, 2.45) is 0 Å². The molecular weight excluding hydrogens is 404 g/mol. The van der Waals surface area contributed by atoms with Crippen molar-refractivity contribution in [3.63, 3.8) is 0 Å². The lowest BCUT2D eigenvalue weighted by molar-refractivity contribution is 0.0535. The topological polar surface area (TPSA) is 59.1 Å². The summed E-state index contributed by atoms with van der Waals surface area (Å²) in [5.41, 5.74) is 1.29. The van der Waals surface area contributed by atoms with E-state index >= 15 is 0 Å². The molecule has 0 bridgehead atoms. The van der Waals surface area contributed by atoms with Crippen LogP contribution in [0.1, 0.15) is 60.2 Å². The van der Waals surface area contributed by atoms with Gasteiger partial charge in [-0.1, -0.05) is 26.7 Å². The minimum atomic E-state index is -0.00853. The van der Waals surface area contributed by atoms with E-state index in [1.54, 1.807) is 9.80 Å². The van der Waals surface area contributed by atoms with Gasteiger partial charge in [-0.3, -0.25) is 9.59 Å². The summed E-state index contributed by atoms with van der Waals surface area (Å²) in [7, 11) is 0. The largest absolute Gasteiger partial charge is 0.494 e. The molecule has 1 saturated heterocycles. The van der Waals surface area contributed by atoms with Crippen LogP contribution in [0.3, 0.4) is 0 Å². The van der Waals surface area contributed by atoms with Gasteiger partial charge in [-0.2, -0.15) is 0 Å². The molecule has 0 unspecified atom stereocenters. The summed E-state index contributed by atoms with van der Waals surface area (Å²) < 4.78 is 11.3. The third kappa shape index (κ3) is 6.49. The Bertz CT molecular complexity index is 783. The molecule has 2 aromatic rings. The van der Waals surface area contributed by atoms with Crippen molar-refractivity contribution in [3.05, 3.63) is 59.7 Å². The fraction of sp³-hybridized carbons (Fsp3) is 0.462.